The third-order valence-electron chi connectivity index (χ3n) is 4.13. The van der Waals surface area contributed by atoms with Crippen molar-refractivity contribution in [3.05, 3.63) is 0 Å². The van der Waals surface area contributed by atoms with Gasteiger partial charge in [0, 0.05) is 33.2 Å². The summed E-state index contributed by atoms with van der Waals surface area (Å²) in [5.74, 6) is 0.447. The molecular formula is C12H22O3. The van der Waals surface area contributed by atoms with E-state index in [0.29, 0.717) is 5.92 Å². The summed E-state index contributed by atoms with van der Waals surface area (Å²) in [6.07, 6.45) is 6.22. The van der Waals surface area contributed by atoms with Crippen molar-refractivity contribution in [2.45, 2.75) is 50.2 Å². The van der Waals surface area contributed by atoms with Gasteiger partial charge in [-0.25, -0.2) is 0 Å². The Morgan fingerprint density at radius 3 is 2.40 bits per heavy atom. The van der Waals surface area contributed by atoms with Crippen LogP contribution in [0.4, 0.5) is 0 Å². The zero-order valence-corrected chi connectivity index (χ0v) is 9.58. The number of aliphatic hydroxyl groups is 1. The molecular weight excluding hydrogens is 192 g/mol. The van der Waals surface area contributed by atoms with E-state index in [2.05, 4.69) is 0 Å². The lowest BCUT2D eigenvalue weighted by molar-refractivity contribution is -0.166. The molecule has 0 radical (unpaired) electrons. The van der Waals surface area contributed by atoms with Gasteiger partial charge in [0.05, 0.1) is 11.7 Å². The van der Waals surface area contributed by atoms with Gasteiger partial charge >= 0.3 is 0 Å². The fourth-order valence-corrected chi connectivity index (χ4v) is 3.04. The van der Waals surface area contributed by atoms with E-state index in [1.165, 1.54) is 12.8 Å². The maximum absolute atomic E-state index is 10.4. The van der Waals surface area contributed by atoms with Gasteiger partial charge in [-0.05, 0) is 18.8 Å². The van der Waals surface area contributed by atoms with Crippen molar-refractivity contribution in [1.29, 1.82) is 0 Å². The van der Waals surface area contributed by atoms with Crippen molar-refractivity contribution < 1.29 is 14.6 Å². The average Bonchev–Trinajstić information content (AvgIpc) is 2.82. The summed E-state index contributed by atoms with van der Waals surface area (Å²) in [4.78, 5) is 0. The lowest BCUT2D eigenvalue weighted by Gasteiger charge is -2.42. The van der Waals surface area contributed by atoms with Gasteiger partial charge in [0.2, 0.25) is 0 Å². The molecule has 1 atom stereocenters. The van der Waals surface area contributed by atoms with E-state index in [1.807, 2.05) is 0 Å². The van der Waals surface area contributed by atoms with E-state index in [-0.39, 0.29) is 11.7 Å². The monoisotopic (exact) mass is 214 g/mol. The van der Waals surface area contributed by atoms with Crippen LogP contribution in [0.1, 0.15) is 38.5 Å². The van der Waals surface area contributed by atoms with Crippen LogP contribution in [-0.4, -0.2) is 37.1 Å². The van der Waals surface area contributed by atoms with Crippen LogP contribution in [-0.2, 0) is 9.47 Å². The highest BCUT2D eigenvalue weighted by Crippen LogP contribution is 2.38. The minimum Gasteiger partial charge on any atom is -0.390 e. The maximum atomic E-state index is 10.4. The van der Waals surface area contributed by atoms with Crippen LogP contribution >= 0.6 is 0 Å². The fraction of sp³-hybridized carbons (Fsp3) is 1.00. The molecule has 1 aliphatic heterocycles. The maximum Gasteiger partial charge on any atom is 0.0982 e. The second-order valence-electron chi connectivity index (χ2n) is 4.87. The van der Waals surface area contributed by atoms with Crippen LogP contribution in [0.15, 0.2) is 0 Å². The lowest BCUT2D eigenvalue weighted by atomic mass is 9.80. The molecule has 0 aromatic carbocycles. The second kappa shape index (κ2) is 4.81. The van der Waals surface area contributed by atoms with Crippen LogP contribution in [0.5, 0.6) is 0 Å². The topological polar surface area (TPSA) is 38.7 Å². The van der Waals surface area contributed by atoms with Crippen LogP contribution in [0.2, 0.25) is 0 Å². The molecule has 88 valence electrons. The Kier molecular flexibility index (Phi) is 3.65. The Morgan fingerprint density at radius 2 is 1.87 bits per heavy atom. The molecule has 0 spiro atoms. The van der Waals surface area contributed by atoms with Gasteiger partial charge in [0.15, 0.2) is 0 Å². The molecule has 1 saturated carbocycles. The van der Waals surface area contributed by atoms with Crippen molar-refractivity contribution in [3.63, 3.8) is 0 Å². The highest BCUT2D eigenvalue weighted by atomic mass is 16.5. The summed E-state index contributed by atoms with van der Waals surface area (Å²) in [7, 11) is 1.73. The molecule has 15 heavy (non-hydrogen) atoms. The van der Waals surface area contributed by atoms with Crippen molar-refractivity contribution in [2.24, 2.45) is 5.92 Å². The molecule has 2 rings (SSSR count). The molecule has 0 bridgehead atoms. The Bertz CT molecular complexity index is 193. The van der Waals surface area contributed by atoms with E-state index < -0.39 is 0 Å². The summed E-state index contributed by atoms with van der Waals surface area (Å²) in [6.45, 7) is 1.44. The Labute approximate surface area is 91.8 Å². The van der Waals surface area contributed by atoms with Crippen LogP contribution < -0.4 is 0 Å². The Morgan fingerprint density at radius 1 is 1.27 bits per heavy atom. The summed E-state index contributed by atoms with van der Waals surface area (Å²) in [5, 5.41) is 10.4. The second-order valence-corrected chi connectivity index (χ2v) is 4.87. The third-order valence-corrected chi connectivity index (χ3v) is 4.13. The van der Waals surface area contributed by atoms with Gasteiger partial charge in [-0.1, -0.05) is 12.8 Å². The normalized spacial score (nSPS) is 29.2. The molecule has 0 aromatic rings. The molecule has 3 nitrogen and oxygen atoms in total. The molecule has 1 unspecified atom stereocenters. The van der Waals surface area contributed by atoms with Gasteiger partial charge < -0.3 is 14.6 Å². The standard InChI is InChI=1S/C12H22O3/c1-14-12(6-8-15-9-7-12)11(13)10-4-2-3-5-10/h10-11,13H,2-9H2,1H3. The molecule has 3 heteroatoms. The van der Waals surface area contributed by atoms with Gasteiger partial charge in [0.1, 0.15) is 0 Å². The quantitative estimate of drug-likeness (QED) is 0.777. The first-order chi connectivity index (χ1) is 7.28. The zero-order chi connectivity index (χ0) is 10.7. The molecule has 2 aliphatic rings. The minimum absolute atomic E-state index is 0.297. The van der Waals surface area contributed by atoms with Crippen molar-refractivity contribution in [2.75, 3.05) is 20.3 Å². The Hall–Kier alpha value is -0.120. The third kappa shape index (κ3) is 2.19. The molecule has 0 amide bonds. The lowest BCUT2D eigenvalue weighted by Crippen LogP contribution is -2.51. The van der Waals surface area contributed by atoms with E-state index in [9.17, 15) is 5.11 Å². The highest BCUT2D eigenvalue weighted by molar-refractivity contribution is 4.94. The highest BCUT2D eigenvalue weighted by Gasteiger charge is 2.43. The van der Waals surface area contributed by atoms with E-state index in [1.54, 1.807) is 7.11 Å². The van der Waals surface area contributed by atoms with Gasteiger partial charge in [-0.15, -0.1) is 0 Å². The zero-order valence-electron chi connectivity index (χ0n) is 9.58. The summed E-state index contributed by atoms with van der Waals surface area (Å²) in [6, 6.07) is 0. The molecule has 1 aliphatic carbocycles. The summed E-state index contributed by atoms with van der Waals surface area (Å²) >= 11 is 0. The van der Waals surface area contributed by atoms with Crippen molar-refractivity contribution in [3.8, 4) is 0 Å². The number of rotatable bonds is 3. The van der Waals surface area contributed by atoms with Gasteiger partial charge in [0.25, 0.3) is 0 Å². The van der Waals surface area contributed by atoms with Crippen molar-refractivity contribution in [1.82, 2.24) is 0 Å². The smallest absolute Gasteiger partial charge is 0.0982 e. The number of hydrogen-bond acceptors (Lipinski definition) is 3. The molecule has 1 N–H and O–H groups in total. The van der Waals surface area contributed by atoms with E-state index >= 15 is 0 Å². The summed E-state index contributed by atoms with van der Waals surface area (Å²) in [5.41, 5.74) is -0.326. The van der Waals surface area contributed by atoms with Gasteiger partial charge in [-0.2, -0.15) is 0 Å². The first kappa shape index (κ1) is 11.4. The SMILES string of the molecule is COC1(C(O)C2CCCC2)CCOCC1. The fourth-order valence-electron chi connectivity index (χ4n) is 3.04. The molecule has 0 aromatic heterocycles. The average molecular weight is 214 g/mol. The number of ether oxygens (including phenoxy) is 2. The van der Waals surface area contributed by atoms with Crippen LogP contribution in [0, 0.1) is 5.92 Å². The predicted molar refractivity (Wildman–Crippen MR) is 57.8 cm³/mol. The molecule has 2 fully saturated rings. The molecule has 1 heterocycles. The Balaban J connectivity index is 2.02. The number of methoxy groups -OCH3 is 1. The number of aliphatic hydroxyl groups excluding tert-OH is 1. The minimum atomic E-state index is -0.326. The predicted octanol–water partition coefficient (Wildman–Crippen LogP) is 1.73. The van der Waals surface area contributed by atoms with Crippen molar-refractivity contribution >= 4 is 0 Å². The van der Waals surface area contributed by atoms with Crippen LogP contribution in [0.25, 0.3) is 0 Å². The van der Waals surface area contributed by atoms with Crippen LogP contribution in [0.3, 0.4) is 0 Å². The first-order valence-electron chi connectivity index (χ1n) is 6.09. The first-order valence-corrected chi connectivity index (χ1v) is 6.09. The summed E-state index contributed by atoms with van der Waals surface area (Å²) < 4.78 is 11.0. The molecule has 1 saturated heterocycles. The number of hydrogen-bond donors (Lipinski definition) is 1. The van der Waals surface area contributed by atoms with Gasteiger partial charge in [-0.3, -0.25) is 0 Å². The largest absolute Gasteiger partial charge is 0.390 e. The van der Waals surface area contributed by atoms with E-state index in [4.69, 9.17) is 9.47 Å². The van der Waals surface area contributed by atoms with E-state index in [0.717, 1.165) is 38.9 Å².